The molecule has 0 amide bonds. The van der Waals surface area contributed by atoms with Crippen molar-refractivity contribution in [3.8, 4) is 11.4 Å². The van der Waals surface area contributed by atoms with Crippen LogP contribution < -0.4 is 0 Å². The third kappa shape index (κ3) is 2.76. The monoisotopic (exact) mass is 400 g/mol. The molecule has 8 heteroatoms. The van der Waals surface area contributed by atoms with Gasteiger partial charge in [-0.05, 0) is 49.5 Å². The average molecular weight is 401 g/mol. The van der Waals surface area contributed by atoms with Gasteiger partial charge in [0.05, 0.1) is 22.8 Å². The van der Waals surface area contributed by atoms with Gasteiger partial charge < -0.3 is 10.1 Å². The molecule has 3 heterocycles. The molecular weight excluding hydrogens is 383 g/mol. The van der Waals surface area contributed by atoms with Gasteiger partial charge >= 0.3 is 5.97 Å². The number of nitrogens with zero attached hydrogens (tertiary/aromatic N) is 3. The summed E-state index contributed by atoms with van der Waals surface area (Å²) in [4.78, 5) is 27.6. The molecule has 2 fully saturated rings. The molecule has 0 spiro atoms. The van der Waals surface area contributed by atoms with Crippen molar-refractivity contribution in [1.29, 1.82) is 0 Å². The van der Waals surface area contributed by atoms with E-state index in [-0.39, 0.29) is 17.5 Å². The lowest BCUT2D eigenvalue weighted by Crippen LogP contribution is -2.31. The van der Waals surface area contributed by atoms with Gasteiger partial charge in [-0.25, -0.2) is 19.3 Å². The predicted molar refractivity (Wildman–Crippen MR) is 101 cm³/mol. The minimum absolute atomic E-state index is 0.0763. The number of aliphatic carboxylic acids is 1. The quantitative estimate of drug-likeness (QED) is 0.687. The summed E-state index contributed by atoms with van der Waals surface area (Å²) in [5, 5.41) is 10.9. The van der Waals surface area contributed by atoms with Gasteiger partial charge in [0.25, 0.3) is 0 Å². The van der Waals surface area contributed by atoms with Crippen molar-refractivity contribution in [2.24, 2.45) is 23.7 Å². The number of carboxylic acid groups (broad SMARTS) is 1. The number of carboxylic acids is 1. The number of pyridine rings is 1. The fraction of sp³-hybridized carbons (Fsp3) is 0.400. The minimum Gasteiger partial charge on any atom is -0.481 e. The van der Waals surface area contributed by atoms with Gasteiger partial charge in [-0.1, -0.05) is 11.6 Å². The first kappa shape index (κ1) is 17.6. The first-order valence-electron chi connectivity index (χ1n) is 9.38. The Labute approximate surface area is 165 Å². The fourth-order valence-corrected chi connectivity index (χ4v) is 5.31. The van der Waals surface area contributed by atoms with E-state index in [9.17, 15) is 14.3 Å². The summed E-state index contributed by atoms with van der Waals surface area (Å²) in [6.45, 7) is 0. The molecule has 0 aliphatic heterocycles. The second-order valence-corrected chi connectivity index (χ2v) is 8.24. The van der Waals surface area contributed by atoms with E-state index < -0.39 is 17.7 Å². The molecule has 2 N–H and O–H groups in total. The van der Waals surface area contributed by atoms with Crippen molar-refractivity contribution < 1.29 is 14.3 Å². The second kappa shape index (κ2) is 6.51. The molecule has 3 aromatic heterocycles. The molecular formula is C20H18ClFN4O2. The van der Waals surface area contributed by atoms with Crippen LogP contribution in [0.2, 0.25) is 5.02 Å². The Morgan fingerprint density at radius 2 is 2.11 bits per heavy atom. The van der Waals surface area contributed by atoms with E-state index in [2.05, 4.69) is 19.9 Å². The lowest BCUT2D eigenvalue weighted by Gasteiger charge is -2.27. The first-order chi connectivity index (χ1) is 13.5. The Morgan fingerprint density at radius 1 is 1.29 bits per heavy atom. The maximum Gasteiger partial charge on any atom is 0.307 e. The summed E-state index contributed by atoms with van der Waals surface area (Å²) in [6, 6.07) is 1.76. The van der Waals surface area contributed by atoms with Crippen LogP contribution in [-0.4, -0.2) is 31.0 Å². The van der Waals surface area contributed by atoms with Gasteiger partial charge in [-0.2, -0.15) is 0 Å². The van der Waals surface area contributed by atoms with E-state index in [0.29, 0.717) is 34.4 Å². The fourth-order valence-electron chi connectivity index (χ4n) is 5.15. The largest absolute Gasteiger partial charge is 0.481 e. The Balaban J connectivity index is 1.51. The number of hydrogen-bond acceptors (Lipinski definition) is 4. The number of carbonyl (C=O) groups is 1. The van der Waals surface area contributed by atoms with E-state index in [1.807, 2.05) is 0 Å². The average Bonchev–Trinajstić information content (AvgIpc) is 3.37. The SMILES string of the molecule is O=C(O)[C@@H]1[C@@H]2CC[C@@H](C2)[C@@H]1Cc1nc(-c2c[nH]c3ncc(Cl)cc23)ncc1F. The predicted octanol–water partition coefficient (Wildman–Crippen LogP) is 4.10. The van der Waals surface area contributed by atoms with Crippen molar-refractivity contribution in [2.75, 3.05) is 0 Å². The molecule has 2 aliphatic carbocycles. The standard InChI is InChI=1S/C20H18ClFN4O2/c21-11-4-13-14(7-24-18(13)23-6-11)19-25-8-15(22)16(26-19)5-12-9-1-2-10(3-9)17(12)20(27)28/h4,6-10,12,17H,1-3,5H2,(H,23,24)(H,27,28)/t9-,10+,12-,17+/m0/s1. The maximum absolute atomic E-state index is 14.5. The Morgan fingerprint density at radius 3 is 2.93 bits per heavy atom. The molecule has 0 saturated heterocycles. The Hall–Kier alpha value is -2.54. The van der Waals surface area contributed by atoms with E-state index >= 15 is 0 Å². The molecule has 2 aliphatic rings. The highest BCUT2D eigenvalue weighted by Crippen LogP contribution is 2.53. The number of H-pyrrole nitrogens is 1. The van der Waals surface area contributed by atoms with Crippen LogP contribution >= 0.6 is 11.6 Å². The molecule has 144 valence electrons. The van der Waals surface area contributed by atoms with Crippen molar-refractivity contribution >= 4 is 28.6 Å². The van der Waals surface area contributed by atoms with Crippen LogP contribution in [0.25, 0.3) is 22.4 Å². The van der Waals surface area contributed by atoms with Gasteiger partial charge in [0.1, 0.15) is 5.65 Å². The molecule has 0 unspecified atom stereocenters. The summed E-state index contributed by atoms with van der Waals surface area (Å²) >= 11 is 6.05. The Kier molecular flexibility index (Phi) is 4.08. The number of halogens is 2. The number of nitrogens with one attached hydrogen (secondary N) is 1. The maximum atomic E-state index is 14.5. The number of fused-ring (bicyclic) bond motifs is 3. The second-order valence-electron chi connectivity index (χ2n) is 7.81. The topological polar surface area (TPSA) is 91.8 Å². The summed E-state index contributed by atoms with van der Waals surface area (Å²) in [7, 11) is 0. The number of hydrogen-bond donors (Lipinski definition) is 2. The van der Waals surface area contributed by atoms with Gasteiger partial charge in [-0.15, -0.1) is 0 Å². The molecule has 0 aromatic carbocycles. The van der Waals surface area contributed by atoms with Gasteiger partial charge in [0.15, 0.2) is 11.6 Å². The molecule has 5 rings (SSSR count). The number of aromatic nitrogens is 4. The lowest BCUT2D eigenvalue weighted by atomic mass is 9.77. The third-order valence-corrected chi connectivity index (χ3v) is 6.56. The van der Waals surface area contributed by atoms with Crippen LogP contribution in [0.4, 0.5) is 4.39 Å². The van der Waals surface area contributed by atoms with Crippen LogP contribution in [0.3, 0.4) is 0 Å². The van der Waals surface area contributed by atoms with Crippen molar-refractivity contribution in [1.82, 2.24) is 19.9 Å². The minimum atomic E-state index is -0.774. The molecule has 2 bridgehead atoms. The molecule has 0 radical (unpaired) electrons. The number of aromatic amines is 1. The van der Waals surface area contributed by atoms with Gasteiger partial charge in [0, 0.05) is 23.3 Å². The summed E-state index contributed by atoms with van der Waals surface area (Å²) in [5.41, 5.74) is 1.61. The van der Waals surface area contributed by atoms with Crippen LogP contribution in [0.15, 0.2) is 24.7 Å². The van der Waals surface area contributed by atoms with Crippen LogP contribution in [0.5, 0.6) is 0 Å². The lowest BCUT2D eigenvalue weighted by molar-refractivity contribution is -0.145. The van der Waals surface area contributed by atoms with Crippen LogP contribution in [0.1, 0.15) is 25.0 Å². The van der Waals surface area contributed by atoms with Crippen molar-refractivity contribution in [2.45, 2.75) is 25.7 Å². The highest BCUT2D eigenvalue weighted by molar-refractivity contribution is 6.31. The smallest absolute Gasteiger partial charge is 0.307 e. The first-order valence-corrected chi connectivity index (χ1v) is 9.76. The van der Waals surface area contributed by atoms with Gasteiger partial charge in [0.2, 0.25) is 0 Å². The van der Waals surface area contributed by atoms with Crippen molar-refractivity contribution in [3.05, 3.63) is 41.2 Å². The summed E-state index contributed by atoms with van der Waals surface area (Å²) in [6.07, 6.45) is 7.65. The van der Waals surface area contributed by atoms with E-state index in [1.54, 1.807) is 18.5 Å². The zero-order valence-corrected chi connectivity index (χ0v) is 15.7. The van der Waals surface area contributed by atoms with Crippen molar-refractivity contribution in [3.63, 3.8) is 0 Å². The highest BCUT2D eigenvalue weighted by Gasteiger charge is 2.51. The van der Waals surface area contributed by atoms with Gasteiger partial charge in [-0.3, -0.25) is 4.79 Å². The highest BCUT2D eigenvalue weighted by atomic mass is 35.5. The van der Waals surface area contributed by atoms with E-state index in [1.165, 1.54) is 0 Å². The molecule has 2 saturated carbocycles. The van der Waals surface area contributed by atoms with E-state index in [4.69, 9.17) is 11.6 Å². The zero-order chi connectivity index (χ0) is 19.4. The molecule has 4 atom stereocenters. The zero-order valence-electron chi connectivity index (χ0n) is 14.9. The van der Waals surface area contributed by atoms with Crippen LogP contribution in [0, 0.1) is 29.5 Å². The normalized spacial score (nSPS) is 26.2. The molecule has 3 aromatic rings. The summed E-state index contributed by atoms with van der Waals surface area (Å²) in [5.74, 6) is -0.836. The number of rotatable bonds is 4. The third-order valence-electron chi connectivity index (χ3n) is 6.36. The van der Waals surface area contributed by atoms with Crippen LogP contribution in [-0.2, 0) is 11.2 Å². The molecule has 6 nitrogen and oxygen atoms in total. The summed E-state index contributed by atoms with van der Waals surface area (Å²) < 4.78 is 14.5. The molecule has 28 heavy (non-hydrogen) atoms. The Bertz CT molecular complexity index is 1090. The van der Waals surface area contributed by atoms with E-state index in [0.717, 1.165) is 30.8 Å².